The predicted octanol–water partition coefficient (Wildman–Crippen LogP) is 3.03. The van der Waals surface area contributed by atoms with Crippen molar-refractivity contribution >= 4 is 0 Å². The van der Waals surface area contributed by atoms with Gasteiger partial charge in [0.05, 0.1) is 6.61 Å². The number of piperidine rings is 1. The third kappa shape index (κ3) is 6.11. The lowest BCUT2D eigenvalue weighted by Crippen LogP contribution is -2.51. The van der Waals surface area contributed by atoms with Gasteiger partial charge < -0.3 is 10.4 Å². The van der Waals surface area contributed by atoms with Gasteiger partial charge in [-0.3, -0.25) is 4.90 Å². The van der Waals surface area contributed by atoms with Crippen LogP contribution >= 0.6 is 0 Å². The second-order valence-electron chi connectivity index (χ2n) is 7.97. The monoisotopic (exact) mass is 284 g/mol. The minimum Gasteiger partial charge on any atom is -0.395 e. The summed E-state index contributed by atoms with van der Waals surface area (Å²) < 4.78 is 0. The van der Waals surface area contributed by atoms with Crippen LogP contribution in [-0.4, -0.2) is 47.8 Å². The largest absolute Gasteiger partial charge is 0.395 e. The second kappa shape index (κ2) is 7.77. The Kier molecular flexibility index (Phi) is 6.96. The standard InChI is InChI=1S/C17H36N2O/c1-6-10-17(5,13-18-16(2,3)4)14-19-11-8-7-9-15(19)12-20/h15,18,20H,6-14H2,1-5H3. The first-order valence-electron chi connectivity index (χ1n) is 8.39. The van der Waals surface area contributed by atoms with E-state index in [4.69, 9.17) is 0 Å². The molecule has 1 saturated heterocycles. The lowest BCUT2D eigenvalue weighted by atomic mass is 9.83. The Labute approximate surface area is 126 Å². The molecule has 2 unspecified atom stereocenters. The number of hydrogen-bond acceptors (Lipinski definition) is 3. The molecule has 3 nitrogen and oxygen atoms in total. The molecule has 2 atom stereocenters. The van der Waals surface area contributed by atoms with E-state index < -0.39 is 0 Å². The highest BCUT2D eigenvalue weighted by molar-refractivity contribution is 4.87. The third-order valence-electron chi connectivity index (χ3n) is 4.44. The smallest absolute Gasteiger partial charge is 0.0586 e. The molecule has 0 saturated carbocycles. The van der Waals surface area contributed by atoms with E-state index in [1.54, 1.807) is 0 Å². The molecule has 3 heteroatoms. The summed E-state index contributed by atoms with van der Waals surface area (Å²) in [5.74, 6) is 0. The van der Waals surface area contributed by atoms with Gasteiger partial charge in [-0.15, -0.1) is 0 Å². The number of nitrogens with one attached hydrogen (secondary N) is 1. The first kappa shape index (κ1) is 17.9. The van der Waals surface area contributed by atoms with Crippen LogP contribution in [0.15, 0.2) is 0 Å². The number of rotatable bonds is 7. The normalized spacial score (nSPS) is 24.6. The third-order valence-corrected chi connectivity index (χ3v) is 4.44. The van der Waals surface area contributed by atoms with E-state index in [-0.39, 0.29) is 5.54 Å². The molecule has 1 aliphatic rings. The van der Waals surface area contributed by atoms with E-state index in [0.29, 0.717) is 18.1 Å². The summed E-state index contributed by atoms with van der Waals surface area (Å²) in [5.41, 5.74) is 0.472. The van der Waals surface area contributed by atoms with Crippen molar-refractivity contribution < 1.29 is 5.11 Å². The molecular formula is C17H36N2O. The summed E-state index contributed by atoms with van der Waals surface area (Å²) >= 11 is 0. The Morgan fingerprint density at radius 3 is 2.45 bits per heavy atom. The Morgan fingerprint density at radius 2 is 1.90 bits per heavy atom. The van der Waals surface area contributed by atoms with E-state index in [1.165, 1.54) is 25.7 Å². The number of nitrogens with zero attached hydrogens (tertiary/aromatic N) is 1. The first-order chi connectivity index (χ1) is 9.29. The molecule has 1 fully saturated rings. The molecule has 0 radical (unpaired) electrons. The molecule has 0 amide bonds. The maximum absolute atomic E-state index is 9.59. The zero-order chi connectivity index (χ0) is 15.2. The molecule has 1 heterocycles. The quantitative estimate of drug-likeness (QED) is 0.754. The second-order valence-corrected chi connectivity index (χ2v) is 7.97. The highest BCUT2D eigenvalue weighted by atomic mass is 16.3. The molecular weight excluding hydrogens is 248 g/mol. The minimum atomic E-state index is 0.174. The van der Waals surface area contributed by atoms with E-state index in [9.17, 15) is 5.11 Å². The van der Waals surface area contributed by atoms with Gasteiger partial charge in [-0.25, -0.2) is 0 Å². The summed E-state index contributed by atoms with van der Waals surface area (Å²) in [6, 6.07) is 0.384. The van der Waals surface area contributed by atoms with Gasteiger partial charge in [0.25, 0.3) is 0 Å². The van der Waals surface area contributed by atoms with Gasteiger partial charge in [0.15, 0.2) is 0 Å². The average Bonchev–Trinajstić information content (AvgIpc) is 2.37. The fourth-order valence-corrected chi connectivity index (χ4v) is 3.27. The number of aliphatic hydroxyl groups is 1. The number of aliphatic hydroxyl groups excluding tert-OH is 1. The van der Waals surface area contributed by atoms with Crippen LogP contribution in [0.5, 0.6) is 0 Å². The van der Waals surface area contributed by atoms with Crippen LogP contribution in [0.4, 0.5) is 0 Å². The van der Waals surface area contributed by atoms with Crippen molar-refractivity contribution in [1.82, 2.24) is 10.2 Å². The summed E-state index contributed by atoms with van der Waals surface area (Å²) in [5, 5.41) is 13.3. The molecule has 1 aliphatic heterocycles. The van der Waals surface area contributed by atoms with Crippen LogP contribution in [0.3, 0.4) is 0 Å². The minimum absolute atomic E-state index is 0.174. The van der Waals surface area contributed by atoms with E-state index in [0.717, 1.165) is 26.1 Å². The number of hydrogen-bond donors (Lipinski definition) is 2. The Bertz CT molecular complexity index is 275. The predicted molar refractivity (Wildman–Crippen MR) is 87.1 cm³/mol. The summed E-state index contributed by atoms with van der Waals surface area (Å²) in [6.07, 6.45) is 6.17. The molecule has 0 spiro atoms. The fraction of sp³-hybridized carbons (Fsp3) is 1.00. The lowest BCUT2D eigenvalue weighted by molar-refractivity contribution is 0.0470. The van der Waals surface area contributed by atoms with Crippen LogP contribution in [0, 0.1) is 5.41 Å². The Hall–Kier alpha value is -0.120. The molecule has 0 aromatic carbocycles. The van der Waals surface area contributed by atoms with Gasteiger partial charge in [0.2, 0.25) is 0 Å². The van der Waals surface area contributed by atoms with Gasteiger partial charge in [-0.1, -0.05) is 26.7 Å². The topological polar surface area (TPSA) is 35.5 Å². The van der Waals surface area contributed by atoms with E-state index in [2.05, 4.69) is 44.8 Å². The first-order valence-corrected chi connectivity index (χ1v) is 8.39. The zero-order valence-electron chi connectivity index (χ0n) is 14.3. The fourth-order valence-electron chi connectivity index (χ4n) is 3.27. The highest BCUT2D eigenvalue weighted by Gasteiger charge is 2.31. The van der Waals surface area contributed by atoms with Gasteiger partial charge in [0.1, 0.15) is 0 Å². The Morgan fingerprint density at radius 1 is 1.20 bits per heavy atom. The van der Waals surface area contributed by atoms with Crippen LogP contribution in [-0.2, 0) is 0 Å². The lowest BCUT2D eigenvalue weighted by Gasteiger charge is -2.42. The molecule has 0 bridgehead atoms. The Balaban J connectivity index is 2.63. The molecule has 1 rings (SSSR count). The van der Waals surface area contributed by atoms with Crippen molar-refractivity contribution in [1.29, 1.82) is 0 Å². The van der Waals surface area contributed by atoms with Crippen LogP contribution in [0.1, 0.15) is 66.7 Å². The van der Waals surface area contributed by atoms with Crippen molar-refractivity contribution in [3.63, 3.8) is 0 Å². The van der Waals surface area contributed by atoms with Gasteiger partial charge in [0, 0.05) is 24.7 Å². The van der Waals surface area contributed by atoms with Gasteiger partial charge in [-0.05, 0) is 52.0 Å². The van der Waals surface area contributed by atoms with Crippen molar-refractivity contribution in [2.75, 3.05) is 26.2 Å². The van der Waals surface area contributed by atoms with E-state index in [1.807, 2.05) is 0 Å². The molecule has 0 aliphatic carbocycles. The summed E-state index contributed by atoms with van der Waals surface area (Å²) in [6.45, 7) is 15.0. The molecule has 0 aromatic rings. The van der Waals surface area contributed by atoms with E-state index >= 15 is 0 Å². The van der Waals surface area contributed by atoms with Gasteiger partial charge in [-0.2, -0.15) is 0 Å². The molecule has 0 aromatic heterocycles. The van der Waals surface area contributed by atoms with Crippen molar-refractivity contribution in [3.8, 4) is 0 Å². The number of likely N-dealkylation sites (tertiary alicyclic amines) is 1. The van der Waals surface area contributed by atoms with Crippen LogP contribution in [0.2, 0.25) is 0 Å². The van der Waals surface area contributed by atoms with Crippen molar-refractivity contribution in [3.05, 3.63) is 0 Å². The molecule has 120 valence electrons. The summed E-state index contributed by atoms with van der Waals surface area (Å²) in [7, 11) is 0. The average molecular weight is 284 g/mol. The highest BCUT2D eigenvalue weighted by Crippen LogP contribution is 2.28. The van der Waals surface area contributed by atoms with Crippen molar-refractivity contribution in [2.24, 2.45) is 5.41 Å². The van der Waals surface area contributed by atoms with Crippen LogP contribution < -0.4 is 5.32 Å². The molecule has 20 heavy (non-hydrogen) atoms. The maximum atomic E-state index is 9.59. The van der Waals surface area contributed by atoms with Gasteiger partial charge >= 0.3 is 0 Å². The SMILES string of the molecule is CCCC(C)(CNC(C)(C)C)CN1CCCCC1CO. The summed E-state index contributed by atoms with van der Waals surface area (Å²) in [4.78, 5) is 2.53. The zero-order valence-corrected chi connectivity index (χ0v) is 14.3. The van der Waals surface area contributed by atoms with Crippen molar-refractivity contribution in [2.45, 2.75) is 78.3 Å². The maximum Gasteiger partial charge on any atom is 0.0586 e. The molecule has 2 N–H and O–H groups in total. The van der Waals surface area contributed by atoms with Crippen LogP contribution in [0.25, 0.3) is 0 Å².